The van der Waals surface area contributed by atoms with Crippen molar-refractivity contribution in [2.45, 2.75) is 6.92 Å². The number of nitrogens with zero attached hydrogens (tertiary/aromatic N) is 1. The van der Waals surface area contributed by atoms with Gasteiger partial charge in [-0.05, 0) is 47.1 Å². The third-order valence-electron chi connectivity index (χ3n) is 2.52. The Balaban J connectivity index is 2.19. The van der Waals surface area contributed by atoms with Gasteiger partial charge >= 0.3 is 0 Å². The van der Waals surface area contributed by atoms with E-state index in [1.165, 1.54) is 6.92 Å². The molecule has 19 heavy (non-hydrogen) atoms. The number of carbonyl (C=O) groups excluding carboxylic acids is 2. The molecule has 4 nitrogen and oxygen atoms in total. The molecular formula is C14H11BrN2O2. The standard InChI is InChI=1S/C14H11BrN2O2/c1-9(18)10-3-2-4-12(7-10)17-14(19)11-5-6-16-13(15)8-11/h2-8H,1H3,(H,17,19). The predicted octanol–water partition coefficient (Wildman–Crippen LogP) is 3.30. The lowest BCUT2D eigenvalue weighted by atomic mass is 10.1. The van der Waals surface area contributed by atoms with Gasteiger partial charge in [0.05, 0.1) is 0 Å². The van der Waals surface area contributed by atoms with Gasteiger partial charge in [0.2, 0.25) is 0 Å². The fourth-order valence-corrected chi connectivity index (χ4v) is 1.93. The number of Topliss-reactive ketones (excluding diaryl/α,β-unsaturated/α-hetero) is 1. The summed E-state index contributed by atoms with van der Waals surface area (Å²) in [6, 6.07) is 10.1. The quantitative estimate of drug-likeness (QED) is 0.697. The molecule has 2 rings (SSSR count). The zero-order valence-corrected chi connectivity index (χ0v) is 11.8. The molecule has 0 saturated carbocycles. The predicted molar refractivity (Wildman–Crippen MR) is 76.3 cm³/mol. The Hall–Kier alpha value is -2.01. The number of pyridine rings is 1. The minimum absolute atomic E-state index is 0.0391. The summed E-state index contributed by atoms with van der Waals surface area (Å²) in [4.78, 5) is 27.2. The summed E-state index contributed by atoms with van der Waals surface area (Å²) >= 11 is 3.21. The van der Waals surface area contributed by atoms with E-state index in [0.29, 0.717) is 21.4 Å². The molecule has 96 valence electrons. The van der Waals surface area contributed by atoms with Crippen LogP contribution in [0.1, 0.15) is 27.6 Å². The third kappa shape index (κ3) is 3.48. The zero-order chi connectivity index (χ0) is 13.8. The van der Waals surface area contributed by atoms with Crippen molar-refractivity contribution in [2.75, 3.05) is 5.32 Å². The SMILES string of the molecule is CC(=O)c1cccc(NC(=O)c2ccnc(Br)c2)c1. The summed E-state index contributed by atoms with van der Waals surface area (Å²) < 4.78 is 0.595. The van der Waals surface area contributed by atoms with Gasteiger partial charge in [-0.25, -0.2) is 4.98 Å². The number of aromatic nitrogens is 1. The maximum atomic E-state index is 12.0. The molecule has 0 fully saturated rings. The molecule has 0 spiro atoms. The van der Waals surface area contributed by atoms with E-state index >= 15 is 0 Å². The van der Waals surface area contributed by atoms with Crippen molar-refractivity contribution in [1.82, 2.24) is 4.98 Å². The second kappa shape index (κ2) is 5.75. The first-order valence-corrected chi connectivity index (χ1v) is 6.39. The molecule has 0 saturated heterocycles. The molecule has 0 unspecified atom stereocenters. The normalized spacial score (nSPS) is 10.0. The van der Waals surface area contributed by atoms with Crippen molar-refractivity contribution >= 4 is 33.3 Å². The van der Waals surface area contributed by atoms with Crippen LogP contribution in [0.25, 0.3) is 0 Å². The van der Waals surface area contributed by atoms with Crippen molar-refractivity contribution < 1.29 is 9.59 Å². The maximum absolute atomic E-state index is 12.0. The number of hydrogen-bond acceptors (Lipinski definition) is 3. The minimum atomic E-state index is -0.246. The number of nitrogens with one attached hydrogen (secondary N) is 1. The van der Waals surface area contributed by atoms with Crippen LogP contribution in [0.3, 0.4) is 0 Å². The first-order chi connectivity index (χ1) is 9.06. The Morgan fingerprint density at radius 2 is 1.95 bits per heavy atom. The Bertz CT molecular complexity index is 641. The van der Waals surface area contributed by atoms with Crippen LogP contribution in [0.15, 0.2) is 47.2 Å². The van der Waals surface area contributed by atoms with Gasteiger partial charge in [0.15, 0.2) is 5.78 Å². The monoisotopic (exact) mass is 318 g/mol. The lowest BCUT2D eigenvalue weighted by Crippen LogP contribution is -2.12. The smallest absolute Gasteiger partial charge is 0.255 e. The number of ketones is 1. The summed E-state index contributed by atoms with van der Waals surface area (Å²) in [5, 5.41) is 2.74. The average molecular weight is 319 g/mol. The number of amides is 1. The van der Waals surface area contributed by atoms with Crippen molar-refractivity contribution in [3.63, 3.8) is 0 Å². The summed E-state index contributed by atoms with van der Waals surface area (Å²) in [5.74, 6) is -0.286. The zero-order valence-electron chi connectivity index (χ0n) is 10.2. The third-order valence-corrected chi connectivity index (χ3v) is 2.95. The second-order valence-electron chi connectivity index (χ2n) is 3.96. The number of halogens is 1. The Kier molecular flexibility index (Phi) is 4.06. The van der Waals surface area contributed by atoms with Crippen LogP contribution in [0, 0.1) is 0 Å². The molecule has 5 heteroatoms. The summed E-state index contributed by atoms with van der Waals surface area (Å²) in [6.45, 7) is 1.49. The lowest BCUT2D eigenvalue weighted by molar-refractivity contribution is 0.101. The van der Waals surface area contributed by atoms with Crippen LogP contribution < -0.4 is 5.32 Å². The molecule has 0 bridgehead atoms. The molecule has 0 aliphatic heterocycles. The van der Waals surface area contributed by atoms with E-state index in [4.69, 9.17) is 0 Å². The Morgan fingerprint density at radius 3 is 2.63 bits per heavy atom. The van der Waals surface area contributed by atoms with E-state index in [9.17, 15) is 9.59 Å². The highest BCUT2D eigenvalue weighted by atomic mass is 79.9. The van der Waals surface area contributed by atoms with Gasteiger partial charge in [-0.3, -0.25) is 9.59 Å². The molecule has 1 amide bonds. The first-order valence-electron chi connectivity index (χ1n) is 5.60. The summed E-state index contributed by atoms with van der Waals surface area (Å²) in [5.41, 5.74) is 1.65. The van der Waals surface area contributed by atoms with Gasteiger partial charge in [0.25, 0.3) is 5.91 Å². The number of anilines is 1. The van der Waals surface area contributed by atoms with Crippen LogP contribution in [0.4, 0.5) is 5.69 Å². The van der Waals surface area contributed by atoms with Crippen LogP contribution >= 0.6 is 15.9 Å². The van der Waals surface area contributed by atoms with E-state index in [2.05, 4.69) is 26.2 Å². The Labute approximate surface area is 119 Å². The highest BCUT2D eigenvalue weighted by molar-refractivity contribution is 9.10. The van der Waals surface area contributed by atoms with Gasteiger partial charge in [-0.2, -0.15) is 0 Å². The molecule has 0 atom stereocenters. The first kappa shape index (κ1) is 13.4. The van der Waals surface area contributed by atoms with Crippen molar-refractivity contribution in [3.05, 3.63) is 58.3 Å². The number of hydrogen-bond donors (Lipinski definition) is 1. The molecule has 1 N–H and O–H groups in total. The molecule has 0 radical (unpaired) electrons. The molecule has 0 aliphatic rings. The van der Waals surface area contributed by atoms with Gasteiger partial charge in [0, 0.05) is 23.0 Å². The highest BCUT2D eigenvalue weighted by Gasteiger charge is 2.08. The van der Waals surface area contributed by atoms with Crippen molar-refractivity contribution in [3.8, 4) is 0 Å². The maximum Gasteiger partial charge on any atom is 0.255 e. The molecule has 0 aliphatic carbocycles. The van der Waals surface area contributed by atoms with Gasteiger partial charge in [-0.15, -0.1) is 0 Å². The Morgan fingerprint density at radius 1 is 1.16 bits per heavy atom. The van der Waals surface area contributed by atoms with Gasteiger partial charge in [-0.1, -0.05) is 12.1 Å². The fraction of sp³-hybridized carbons (Fsp3) is 0.0714. The van der Waals surface area contributed by atoms with Gasteiger partial charge in [0.1, 0.15) is 4.60 Å². The molecular weight excluding hydrogens is 308 g/mol. The highest BCUT2D eigenvalue weighted by Crippen LogP contribution is 2.14. The second-order valence-corrected chi connectivity index (χ2v) is 4.77. The van der Waals surface area contributed by atoms with E-state index in [-0.39, 0.29) is 11.7 Å². The van der Waals surface area contributed by atoms with E-state index in [1.807, 2.05) is 0 Å². The lowest BCUT2D eigenvalue weighted by Gasteiger charge is -2.06. The van der Waals surface area contributed by atoms with E-state index in [0.717, 1.165) is 0 Å². The number of rotatable bonds is 3. The minimum Gasteiger partial charge on any atom is -0.322 e. The topological polar surface area (TPSA) is 59.1 Å². The number of carbonyl (C=O) groups is 2. The summed E-state index contributed by atoms with van der Waals surface area (Å²) in [6.07, 6.45) is 1.55. The number of benzene rings is 1. The molecule has 1 aromatic heterocycles. The fourth-order valence-electron chi connectivity index (χ4n) is 1.56. The van der Waals surface area contributed by atoms with Crippen LogP contribution in [-0.2, 0) is 0 Å². The summed E-state index contributed by atoms with van der Waals surface area (Å²) in [7, 11) is 0. The van der Waals surface area contributed by atoms with Crippen LogP contribution in [-0.4, -0.2) is 16.7 Å². The van der Waals surface area contributed by atoms with Crippen molar-refractivity contribution in [2.24, 2.45) is 0 Å². The molecule has 2 aromatic rings. The van der Waals surface area contributed by atoms with Crippen molar-refractivity contribution in [1.29, 1.82) is 0 Å². The molecule has 1 heterocycles. The van der Waals surface area contributed by atoms with Crippen LogP contribution in [0.2, 0.25) is 0 Å². The largest absolute Gasteiger partial charge is 0.322 e. The molecule has 1 aromatic carbocycles. The van der Waals surface area contributed by atoms with E-state index < -0.39 is 0 Å². The van der Waals surface area contributed by atoms with E-state index in [1.54, 1.807) is 42.6 Å². The average Bonchev–Trinajstić information content (AvgIpc) is 2.39. The van der Waals surface area contributed by atoms with Gasteiger partial charge < -0.3 is 5.32 Å². The van der Waals surface area contributed by atoms with Crippen LogP contribution in [0.5, 0.6) is 0 Å².